The number of rotatable bonds is 6. The second kappa shape index (κ2) is 5.67. The van der Waals surface area contributed by atoms with Gasteiger partial charge in [0, 0.05) is 6.04 Å². The van der Waals surface area contributed by atoms with Crippen molar-refractivity contribution in [3.63, 3.8) is 0 Å². The molecule has 4 nitrogen and oxygen atoms in total. The third kappa shape index (κ3) is 10.1. The third-order valence-corrected chi connectivity index (χ3v) is 2.32. The quantitative estimate of drug-likeness (QED) is 0.321. The van der Waals surface area contributed by atoms with E-state index >= 15 is 0 Å². The predicted molar refractivity (Wildman–Crippen MR) is 45.0 cm³/mol. The third-order valence-electron chi connectivity index (χ3n) is 1.29. The van der Waals surface area contributed by atoms with Gasteiger partial charge in [-0.25, -0.2) is 0 Å². The molecule has 0 heterocycles. The summed E-state index contributed by atoms with van der Waals surface area (Å²) in [6.07, 6.45) is 1.69. The molecule has 0 aromatic rings. The lowest BCUT2D eigenvalue weighted by atomic mass is 10.4. The molecule has 0 fully saturated rings. The van der Waals surface area contributed by atoms with Crippen LogP contribution in [0.4, 0.5) is 0 Å². The molecule has 0 rings (SSSR count). The zero-order valence-electron chi connectivity index (χ0n) is 6.88. The minimum absolute atomic E-state index is 0.129. The van der Waals surface area contributed by atoms with Crippen LogP contribution in [0.1, 0.15) is 19.8 Å². The van der Waals surface area contributed by atoms with Gasteiger partial charge < -0.3 is 19.7 Å². The largest absolute Gasteiger partial charge is 0.492 e. The van der Waals surface area contributed by atoms with E-state index in [0.717, 1.165) is 19.5 Å². The van der Waals surface area contributed by atoms with Crippen molar-refractivity contribution in [3.05, 3.63) is 0 Å². The van der Waals surface area contributed by atoms with Gasteiger partial charge in [0.2, 0.25) is 0 Å². The van der Waals surface area contributed by atoms with Gasteiger partial charge in [0.05, 0.1) is 0 Å². The molecule has 0 amide bonds. The monoisotopic (exact) mass is 179 g/mol. The number of hydrogen-bond donors (Lipinski definition) is 4. The van der Waals surface area contributed by atoms with Gasteiger partial charge in [-0.2, -0.15) is 0 Å². The van der Waals surface area contributed by atoms with Gasteiger partial charge in [0.25, 0.3) is 0 Å². The van der Waals surface area contributed by atoms with Crippen LogP contribution in [0.5, 0.6) is 0 Å². The molecule has 0 radical (unpaired) electrons. The Balaban J connectivity index is 3.02. The Morgan fingerprint density at radius 2 is 1.82 bits per heavy atom. The molecule has 68 valence electrons. The highest BCUT2D eigenvalue weighted by Gasteiger charge is 2.25. The first-order chi connectivity index (χ1) is 5.06. The summed E-state index contributed by atoms with van der Waals surface area (Å²) in [6.45, 7) is 3.75. The zero-order valence-corrected chi connectivity index (χ0v) is 7.88. The van der Waals surface area contributed by atoms with Gasteiger partial charge in [-0.3, -0.25) is 0 Å². The molecule has 4 N–H and O–H groups in total. The standard InChI is InChI=1S/C6H17NO3Si/c1-2-4-7-5-3-6-11(8,9)10/h7-10H,2-6H2,1H3. The first-order valence-corrected chi connectivity index (χ1v) is 5.99. The van der Waals surface area contributed by atoms with E-state index in [1.165, 1.54) is 0 Å². The van der Waals surface area contributed by atoms with Gasteiger partial charge >= 0.3 is 8.80 Å². The summed E-state index contributed by atoms with van der Waals surface area (Å²) in [5.74, 6) is 0. The molecule has 0 spiro atoms. The van der Waals surface area contributed by atoms with Gasteiger partial charge in [0.1, 0.15) is 0 Å². The number of nitrogens with one attached hydrogen (secondary N) is 1. The van der Waals surface area contributed by atoms with Gasteiger partial charge in [-0.1, -0.05) is 6.92 Å². The molecule has 0 aliphatic heterocycles. The lowest BCUT2D eigenvalue weighted by Crippen LogP contribution is -2.35. The summed E-state index contributed by atoms with van der Waals surface area (Å²) in [5.41, 5.74) is 0. The lowest BCUT2D eigenvalue weighted by molar-refractivity contribution is 0.226. The van der Waals surface area contributed by atoms with E-state index in [-0.39, 0.29) is 6.04 Å². The Kier molecular flexibility index (Phi) is 5.70. The van der Waals surface area contributed by atoms with E-state index in [0.29, 0.717) is 6.42 Å². The molecule has 0 aliphatic rings. The minimum atomic E-state index is -3.76. The SMILES string of the molecule is CCCNCCC[Si](O)(O)O. The van der Waals surface area contributed by atoms with E-state index in [2.05, 4.69) is 12.2 Å². The maximum absolute atomic E-state index is 8.60. The summed E-state index contributed by atoms with van der Waals surface area (Å²) in [4.78, 5) is 25.8. The molecule has 5 heteroatoms. The minimum Gasteiger partial charge on any atom is -0.390 e. The summed E-state index contributed by atoms with van der Waals surface area (Å²) >= 11 is 0. The van der Waals surface area contributed by atoms with Crippen molar-refractivity contribution in [2.75, 3.05) is 13.1 Å². The zero-order chi connectivity index (χ0) is 8.74. The molecule has 0 bridgehead atoms. The maximum atomic E-state index is 8.60. The van der Waals surface area contributed by atoms with Crippen molar-refractivity contribution < 1.29 is 14.4 Å². The van der Waals surface area contributed by atoms with Crippen LogP contribution in [0.15, 0.2) is 0 Å². The predicted octanol–water partition coefficient (Wildman–Crippen LogP) is -0.708. The summed E-state index contributed by atoms with van der Waals surface area (Å²) in [5, 5.41) is 3.10. The van der Waals surface area contributed by atoms with Crippen LogP contribution in [0.25, 0.3) is 0 Å². The normalized spacial score (nSPS) is 12.0. The van der Waals surface area contributed by atoms with Crippen LogP contribution in [0, 0.1) is 0 Å². The van der Waals surface area contributed by atoms with Crippen molar-refractivity contribution in [2.45, 2.75) is 25.8 Å². The van der Waals surface area contributed by atoms with Crippen molar-refractivity contribution in [1.82, 2.24) is 5.32 Å². The highest BCUT2D eigenvalue weighted by atomic mass is 28.4. The second-order valence-electron chi connectivity index (χ2n) is 2.63. The fraction of sp³-hybridized carbons (Fsp3) is 1.00. The van der Waals surface area contributed by atoms with Crippen LogP contribution in [-0.2, 0) is 0 Å². The van der Waals surface area contributed by atoms with E-state index in [1.807, 2.05) is 0 Å². The second-order valence-corrected chi connectivity index (χ2v) is 4.68. The molecular formula is C6H17NO3Si. The van der Waals surface area contributed by atoms with E-state index in [9.17, 15) is 0 Å². The average molecular weight is 179 g/mol. The molecule has 0 aromatic heterocycles. The highest BCUT2D eigenvalue weighted by Crippen LogP contribution is 1.99. The smallest absolute Gasteiger partial charge is 0.390 e. The lowest BCUT2D eigenvalue weighted by Gasteiger charge is -2.08. The summed E-state index contributed by atoms with van der Waals surface area (Å²) < 4.78 is 0. The van der Waals surface area contributed by atoms with Crippen LogP contribution >= 0.6 is 0 Å². The molecule has 0 unspecified atom stereocenters. The molecule has 11 heavy (non-hydrogen) atoms. The molecule has 0 aliphatic carbocycles. The molecule has 0 saturated carbocycles. The Bertz CT molecular complexity index is 94.3. The van der Waals surface area contributed by atoms with Crippen LogP contribution in [0.2, 0.25) is 6.04 Å². The van der Waals surface area contributed by atoms with Crippen molar-refractivity contribution >= 4 is 8.80 Å². The van der Waals surface area contributed by atoms with Gasteiger partial charge in [-0.05, 0) is 25.9 Å². The Labute approximate surface area is 68.2 Å². The van der Waals surface area contributed by atoms with Crippen LogP contribution in [-0.4, -0.2) is 36.3 Å². The van der Waals surface area contributed by atoms with E-state index < -0.39 is 8.80 Å². The fourth-order valence-corrected chi connectivity index (χ4v) is 1.40. The van der Waals surface area contributed by atoms with Gasteiger partial charge in [0.15, 0.2) is 0 Å². The number of hydrogen-bond acceptors (Lipinski definition) is 4. The molecule has 0 atom stereocenters. The fourth-order valence-electron chi connectivity index (χ4n) is 0.752. The molecular weight excluding hydrogens is 162 g/mol. The van der Waals surface area contributed by atoms with E-state index in [4.69, 9.17) is 14.4 Å². The van der Waals surface area contributed by atoms with Crippen LogP contribution < -0.4 is 5.32 Å². The average Bonchev–Trinajstić information content (AvgIpc) is 1.85. The summed E-state index contributed by atoms with van der Waals surface area (Å²) in [6, 6.07) is 0.129. The van der Waals surface area contributed by atoms with Crippen molar-refractivity contribution in [3.8, 4) is 0 Å². The first-order valence-electron chi connectivity index (χ1n) is 3.94. The van der Waals surface area contributed by atoms with Crippen molar-refractivity contribution in [1.29, 1.82) is 0 Å². The Morgan fingerprint density at radius 1 is 1.18 bits per heavy atom. The van der Waals surface area contributed by atoms with Crippen molar-refractivity contribution in [2.24, 2.45) is 0 Å². The van der Waals surface area contributed by atoms with Gasteiger partial charge in [-0.15, -0.1) is 0 Å². The molecule has 0 aromatic carbocycles. The first kappa shape index (κ1) is 11.1. The topological polar surface area (TPSA) is 72.7 Å². The maximum Gasteiger partial charge on any atom is 0.492 e. The summed E-state index contributed by atoms with van der Waals surface area (Å²) in [7, 11) is -3.76. The Morgan fingerprint density at radius 3 is 2.27 bits per heavy atom. The molecule has 0 saturated heterocycles. The van der Waals surface area contributed by atoms with E-state index in [1.54, 1.807) is 0 Å². The highest BCUT2D eigenvalue weighted by molar-refractivity contribution is 6.56. The van der Waals surface area contributed by atoms with Crippen LogP contribution in [0.3, 0.4) is 0 Å². The Hall–Kier alpha value is 0.0569.